The van der Waals surface area contributed by atoms with Crippen LogP contribution in [0, 0.1) is 0 Å². The molecule has 4 N–H and O–H groups in total. The van der Waals surface area contributed by atoms with Gasteiger partial charge in [0.2, 0.25) is 23.6 Å². The van der Waals surface area contributed by atoms with Crippen molar-refractivity contribution in [1.82, 2.24) is 20.0 Å². The monoisotopic (exact) mass is 427 g/mol. The second-order valence-corrected chi connectivity index (χ2v) is 7.27. The van der Waals surface area contributed by atoms with Crippen LogP contribution in [0.3, 0.4) is 0 Å². The van der Waals surface area contributed by atoms with Crippen LogP contribution in [0.5, 0.6) is 0 Å². The lowest BCUT2D eigenvalue weighted by Gasteiger charge is -2.41. The van der Waals surface area contributed by atoms with Crippen molar-refractivity contribution in [3.63, 3.8) is 0 Å². The Morgan fingerprint density at radius 2 is 1.47 bits per heavy atom. The van der Waals surface area contributed by atoms with E-state index in [1.165, 1.54) is 0 Å². The minimum Gasteiger partial charge on any atom is -0.481 e. The van der Waals surface area contributed by atoms with Gasteiger partial charge in [-0.2, -0.15) is 0 Å². The summed E-state index contributed by atoms with van der Waals surface area (Å²) in [6.07, 6.45) is -0.638. The van der Waals surface area contributed by atoms with Crippen LogP contribution in [0.25, 0.3) is 0 Å². The number of hydrogen-bond donors (Lipinski definition) is 3. The zero-order valence-corrected chi connectivity index (χ0v) is 16.7. The SMILES string of the molecule is CC(C(C)N1CC(=O)N(COC(=O)[C@@H](N)CC(=O)O)C(=O)C1)N1CC(=O)NC(=O)C1. The summed E-state index contributed by atoms with van der Waals surface area (Å²) >= 11 is 0. The van der Waals surface area contributed by atoms with Gasteiger partial charge >= 0.3 is 11.9 Å². The van der Waals surface area contributed by atoms with Gasteiger partial charge in [0.1, 0.15) is 6.04 Å². The van der Waals surface area contributed by atoms with Gasteiger partial charge in [0.25, 0.3) is 0 Å². The summed E-state index contributed by atoms with van der Waals surface area (Å²) in [6, 6.07) is -2.02. The summed E-state index contributed by atoms with van der Waals surface area (Å²) in [4.78, 5) is 74.3. The van der Waals surface area contributed by atoms with E-state index in [1.807, 2.05) is 0 Å². The van der Waals surface area contributed by atoms with Crippen molar-refractivity contribution in [2.75, 3.05) is 32.9 Å². The first kappa shape index (κ1) is 23.4. The van der Waals surface area contributed by atoms with E-state index in [1.54, 1.807) is 23.6 Å². The molecule has 4 amide bonds. The fourth-order valence-electron chi connectivity index (χ4n) is 3.21. The predicted octanol–water partition coefficient (Wildman–Crippen LogP) is -3.30. The normalized spacial score (nSPS) is 21.8. The Labute approximate surface area is 172 Å². The number of carboxylic acid groups (broad SMARTS) is 1. The molecule has 0 aromatic heterocycles. The lowest BCUT2D eigenvalue weighted by Crippen LogP contribution is -2.62. The number of nitrogens with two attached hydrogens (primary N) is 1. The Morgan fingerprint density at radius 3 is 1.93 bits per heavy atom. The molecule has 3 atom stereocenters. The Balaban J connectivity index is 1.92. The smallest absolute Gasteiger partial charge is 0.325 e. The highest BCUT2D eigenvalue weighted by Crippen LogP contribution is 2.16. The molecule has 0 bridgehead atoms. The molecule has 13 nitrogen and oxygen atoms in total. The minimum atomic E-state index is -1.40. The summed E-state index contributed by atoms with van der Waals surface area (Å²) in [5.74, 6) is -4.34. The lowest BCUT2D eigenvalue weighted by molar-refractivity contribution is -0.166. The number of hydrogen-bond acceptors (Lipinski definition) is 10. The molecule has 2 heterocycles. The molecule has 2 aliphatic rings. The fourth-order valence-corrected chi connectivity index (χ4v) is 3.21. The first-order valence-corrected chi connectivity index (χ1v) is 9.27. The molecule has 2 aliphatic heterocycles. The summed E-state index contributed by atoms with van der Waals surface area (Å²) in [7, 11) is 0. The number of carbonyl (C=O) groups is 6. The number of amides is 4. The van der Waals surface area contributed by atoms with Crippen molar-refractivity contribution in [3.05, 3.63) is 0 Å². The van der Waals surface area contributed by atoms with Crippen LogP contribution < -0.4 is 11.1 Å². The number of ether oxygens (including phenoxy) is 1. The van der Waals surface area contributed by atoms with Crippen LogP contribution in [0.2, 0.25) is 0 Å². The molecule has 166 valence electrons. The van der Waals surface area contributed by atoms with Crippen LogP contribution in [0.1, 0.15) is 20.3 Å². The Bertz CT molecular complexity index is 722. The molecule has 0 aliphatic carbocycles. The van der Waals surface area contributed by atoms with E-state index in [0.29, 0.717) is 0 Å². The number of imide groups is 2. The maximum Gasteiger partial charge on any atom is 0.325 e. The first-order chi connectivity index (χ1) is 14.0. The van der Waals surface area contributed by atoms with E-state index >= 15 is 0 Å². The Morgan fingerprint density at radius 1 is 1.00 bits per heavy atom. The van der Waals surface area contributed by atoms with Gasteiger partial charge in [-0.15, -0.1) is 0 Å². The summed E-state index contributed by atoms with van der Waals surface area (Å²) in [6.45, 7) is 2.72. The van der Waals surface area contributed by atoms with Crippen LogP contribution in [0.15, 0.2) is 0 Å². The Hall–Kier alpha value is -2.90. The highest BCUT2D eigenvalue weighted by molar-refractivity contribution is 6.00. The van der Waals surface area contributed by atoms with Gasteiger partial charge in [0, 0.05) is 12.1 Å². The van der Waals surface area contributed by atoms with E-state index in [2.05, 4.69) is 5.32 Å². The summed E-state index contributed by atoms with van der Waals surface area (Å²) in [5, 5.41) is 10.8. The van der Waals surface area contributed by atoms with Crippen molar-refractivity contribution in [1.29, 1.82) is 0 Å². The number of piperazine rings is 2. The zero-order valence-electron chi connectivity index (χ0n) is 16.7. The van der Waals surface area contributed by atoms with Crippen LogP contribution in [0.4, 0.5) is 0 Å². The van der Waals surface area contributed by atoms with Gasteiger partial charge in [-0.05, 0) is 13.8 Å². The van der Waals surface area contributed by atoms with E-state index < -0.39 is 54.8 Å². The molecule has 2 rings (SSSR count). The molecule has 0 radical (unpaired) electrons. The second-order valence-electron chi connectivity index (χ2n) is 7.27. The third-order valence-corrected chi connectivity index (χ3v) is 5.13. The maximum absolute atomic E-state index is 12.4. The van der Waals surface area contributed by atoms with Crippen molar-refractivity contribution in [2.45, 2.75) is 38.4 Å². The summed E-state index contributed by atoms with van der Waals surface area (Å²) in [5.41, 5.74) is 5.38. The molecule has 30 heavy (non-hydrogen) atoms. The number of nitrogens with zero attached hydrogens (tertiary/aromatic N) is 3. The molecule has 2 fully saturated rings. The van der Waals surface area contributed by atoms with E-state index in [4.69, 9.17) is 15.6 Å². The topological polar surface area (TPSA) is 180 Å². The number of carboxylic acids is 1. The third kappa shape index (κ3) is 5.81. The average Bonchev–Trinajstić information content (AvgIpc) is 2.64. The highest BCUT2D eigenvalue weighted by Gasteiger charge is 2.38. The third-order valence-electron chi connectivity index (χ3n) is 5.13. The average molecular weight is 427 g/mol. The van der Waals surface area contributed by atoms with E-state index in [-0.39, 0.29) is 38.3 Å². The predicted molar refractivity (Wildman–Crippen MR) is 98.3 cm³/mol. The van der Waals surface area contributed by atoms with Crippen molar-refractivity contribution < 1.29 is 38.6 Å². The van der Waals surface area contributed by atoms with Gasteiger partial charge in [-0.25, -0.2) is 4.90 Å². The van der Waals surface area contributed by atoms with E-state index in [9.17, 15) is 28.8 Å². The first-order valence-electron chi connectivity index (χ1n) is 9.27. The van der Waals surface area contributed by atoms with Crippen LogP contribution in [-0.2, 0) is 33.5 Å². The minimum absolute atomic E-state index is 0.0334. The van der Waals surface area contributed by atoms with Crippen molar-refractivity contribution in [3.8, 4) is 0 Å². The maximum atomic E-state index is 12.4. The number of esters is 1. The van der Waals surface area contributed by atoms with E-state index in [0.717, 1.165) is 4.90 Å². The zero-order chi connectivity index (χ0) is 22.6. The van der Waals surface area contributed by atoms with Crippen molar-refractivity contribution >= 4 is 35.6 Å². The van der Waals surface area contributed by atoms with Gasteiger partial charge < -0.3 is 15.6 Å². The van der Waals surface area contributed by atoms with Gasteiger partial charge in [0.15, 0.2) is 6.73 Å². The molecule has 0 spiro atoms. The summed E-state index contributed by atoms with van der Waals surface area (Å²) < 4.78 is 4.80. The van der Waals surface area contributed by atoms with Gasteiger partial charge in [-0.3, -0.25) is 43.9 Å². The van der Waals surface area contributed by atoms with Crippen molar-refractivity contribution in [2.24, 2.45) is 5.73 Å². The largest absolute Gasteiger partial charge is 0.481 e. The number of rotatable bonds is 8. The molecule has 13 heteroatoms. The van der Waals surface area contributed by atoms with Gasteiger partial charge in [0.05, 0.1) is 32.6 Å². The number of aliphatic carboxylic acids is 1. The lowest BCUT2D eigenvalue weighted by atomic mass is 10.1. The molecule has 0 aromatic rings. The van der Waals surface area contributed by atoms with Crippen LogP contribution >= 0.6 is 0 Å². The number of carbonyl (C=O) groups excluding carboxylic acids is 5. The number of nitrogens with one attached hydrogen (secondary N) is 1. The molecular formula is C17H25N5O8. The molecule has 2 unspecified atom stereocenters. The molecule has 0 aromatic carbocycles. The molecule has 0 saturated carbocycles. The second kappa shape index (κ2) is 9.73. The fraction of sp³-hybridized carbons (Fsp3) is 0.647. The molecular weight excluding hydrogens is 402 g/mol. The quantitative estimate of drug-likeness (QED) is 0.261. The van der Waals surface area contributed by atoms with Crippen LogP contribution in [-0.4, -0.2) is 106 Å². The Kier molecular flexibility index (Phi) is 7.59. The highest BCUT2D eigenvalue weighted by atomic mass is 16.5. The molecule has 2 saturated heterocycles. The standard InChI is InChI=1S/C17H25N5O8/c1-9(20-4-12(23)19-13(24)5-20)10(2)21-6-14(25)22(15(26)7-21)8-30-17(29)11(18)3-16(27)28/h9-11H,3-8,18H2,1-2H3,(H,27,28)(H,19,23,24)/t9?,10?,11-/m0/s1. The van der Waals surface area contributed by atoms with Gasteiger partial charge in [-0.1, -0.05) is 0 Å².